The molecular weight excluding hydrogens is 471 g/mol. The van der Waals surface area contributed by atoms with E-state index in [1.54, 1.807) is 32.9 Å². The smallest absolute Gasteiger partial charge is 0.492 e. The third kappa shape index (κ3) is 6.34. The van der Waals surface area contributed by atoms with E-state index < -0.39 is 19.1 Å². The van der Waals surface area contributed by atoms with Crippen LogP contribution in [-0.4, -0.2) is 71.2 Å². The first-order valence-electron chi connectivity index (χ1n) is 13.2. The summed E-state index contributed by atoms with van der Waals surface area (Å²) in [5.74, 6) is -0.986. The summed E-state index contributed by atoms with van der Waals surface area (Å²) < 4.78 is 11.2. The largest absolute Gasteiger partial charge is 0.494 e. The fourth-order valence-electron chi connectivity index (χ4n) is 5.34. The number of amides is 1. The fourth-order valence-corrected chi connectivity index (χ4v) is 5.34. The predicted molar refractivity (Wildman–Crippen MR) is 142 cm³/mol. The zero-order valence-corrected chi connectivity index (χ0v) is 22.0. The summed E-state index contributed by atoms with van der Waals surface area (Å²) in [6.07, 6.45) is 3.53. The minimum atomic E-state index is -1.08. The number of rotatable bonds is 11. The van der Waals surface area contributed by atoms with E-state index in [1.807, 2.05) is 24.3 Å². The summed E-state index contributed by atoms with van der Waals surface area (Å²) in [5, 5.41) is 20.3. The molecule has 0 aliphatic carbocycles. The lowest BCUT2D eigenvalue weighted by atomic mass is 9.75. The predicted octanol–water partition coefficient (Wildman–Crippen LogP) is 2.83. The van der Waals surface area contributed by atoms with Gasteiger partial charge in [-0.3, -0.25) is 4.79 Å². The molecule has 4 rings (SSSR count). The van der Waals surface area contributed by atoms with Crippen molar-refractivity contribution in [1.82, 2.24) is 9.80 Å². The first-order valence-corrected chi connectivity index (χ1v) is 13.2. The van der Waals surface area contributed by atoms with Crippen molar-refractivity contribution in [3.63, 3.8) is 0 Å². The highest BCUT2D eigenvalue weighted by Gasteiger charge is 2.36. The Hall–Kier alpha value is -2.88. The number of fused-ring (bicyclic) bond motifs is 1. The number of carboxylic acid groups (broad SMARTS) is 1. The van der Waals surface area contributed by atoms with Crippen molar-refractivity contribution in [3.05, 3.63) is 58.7 Å². The Morgan fingerprint density at radius 3 is 2.49 bits per heavy atom. The average molecular weight is 508 g/mol. The van der Waals surface area contributed by atoms with E-state index in [9.17, 15) is 19.7 Å². The van der Waals surface area contributed by atoms with Crippen molar-refractivity contribution >= 4 is 24.5 Å². The van der Waals surface area contributed by atoms with E-state index in [4.69, 9.17) is 9.39 Å². The molecule has 198 valence electrons. The Morgan fingerprint density at radius 1 is 1.14 bits per heavy atom. The highest BCUT2D eigenvalue weighted by atomic mass is 16.5. The van der Waals surface area contributed by atoms with Gasteiger partial charge in [-0.25, -0.2) is 4.79 Å². The molecule has 2 aliphatic rings. The molecule has 37 heavy (non-hydrogen) atoms. The molecule has 1 unspecified atom stereocenters. The maximum atomic E-state index is 13.8. The molecule has 0 saturated carbocycles. The Kier molecular flexibility index (Phi) is 8.89. The molecule has 8 nitrogen and oxygen atoms in total. The van der Waals surface area contributed by atoms with Gasteiger partial charge in [0.05, 0.1) is 13.2 Å². The summed E-state index contributed by atoms with van der Waals surface area (Å²) in [7, 11) is -1.08. The van der Waals surface area contributed by atoms with Crippen molar-refractivity contribution in [2.24, 2.45) is 5.92 Å². The third-order valence-corrected chi connectivity index (χ3v) is 7.32. The maximum Gasteiger partial charge on any atom is 0.492 e. The van der Waals surface area contributed by atoms with Crippen molar-refractivity contribution < 1.29 is 29.1 Å². The van der Waals surface area contributed by atoms with Gasteiger partial charge >= 0.3 is 13.1 Å². The van der Waals surface area contributed by atoms with Crippen LogP contribution in [0.1, 0.15) is 60.2 Å². The first-order chi connectivity index (χ1) is 17.8. The van der Waals surface area contributed by atoms with Crippen LogP contribution in [0.4, 0.5) is 0 Å². The van der Waals surface area contributed by atoms with Crippen LogP contribution in [0.25, 0.3) is 0 Å². The Morgan fingerprint density at radius 2 is 1.84 bits per heavy atom. The fraction of sp³-hybridized carbons (Fsp3) is 0.500. The van der Waals surface area contributed by atoms with E-state index in [0.717, 1.165) is 29.8 Å². The highest BCUT2D eigenvalue weighted by molar-refractivity contribution is 6.62. The minimum absolute atomic E-state index is 0.138. The van der Waals surface area contributed by atoms with E-state index in [0.29, 0.717) is 23.2 Å². The number of aliphatic carboxylic acids is 1. The van der Waals surface area contributed by atoms with Crippen molar-refractivity contribution in [3.8, 4) is 5.75 Å². The summed E-state index contributed by atoms with van der Waals surface area (Å²) in [4.78, 5) is 29.9. The topological polar surface area (TPSA) is 99.5 Å². The van der Waals surface area contributed by atoms with Gasteiger partial charge in [0, 0.05) is 18.7 Å². The quantitative estimate of drug-likeness (QED) is 0.356. The highest BCUT2D eigenvalue weighted by Crippen LogP contribution is 2.24. The molecule has 1 amide bonds. The van der Waals surface area contributed by atoms with Gasteiger partial charge in [0.1, 0.15) is 11.8 Å². The zero-order chi connectivity index (χ0) is 26.5. The van der Waals surface area contributed by atoms with Crippen molar-refractivity contribution in [2.75, 3.05) is 26.2 Å². The van der Waals surface area contributed by atoms with Crippen LogP contribution in [0.15, 0.2) is 36.4 Å². The molecule has 1 fully saturated rings. The van der Waals surface area contributed by atoms with Crippen LogP contribution in [-0.2, 0) is 22.6 Å². The summed E-state index contributed by atoms with van der Waals surface area (Å²) in [6.45, 7) is 9.83. The third-order valence-electron chi connectivity index (χ3n) is 7.32. The van der Waals surface area contributed by atoms with Crippen molar-refractivity contribution in [2.45, 2.75) is 59.2 Å². The number of hydrogen-bond acceptors (Lipinski definition) is 6. The number of carbonyl (C=O) groups is 2. The van der Waals surface area contributed by atoms with Gasteiger partial charge < -0.3 is 29.3 Å². The van der Waals surface area contributed by atoms with E-state index >= 15 is 0 Å². The number of nitrogens with zero attached hydrogens (tertiary/aromatic N) is 2. The SMILES string of the molecule is Cc1c(C(=O)N(Cc2ccc(OCCCN3CCCC3)cc2)C(C(=O)O)C(C)C)ccc2c1B(O)OC2. The molecule has 2 aromatic rings. The Balaban J connectivity index is 1.49. The summed E-state index contributed by atoms with van der Waals surface area (Å²) in [6, 6.07) is 9.95. The summed E-state index contributed by atoms with van der Waals surface area (Å²) >= 11 is 0. The molecule has 2 aromatic carbocycles. The van der Waals surface area contributed by atoms with Crippen LogP contribution < -0.4 is 10.2 Å². The van der Waals surface area contributed by atoms with E-state index in [2.05, 4.69) is 4.90 Å². The number of ether oxygens (including phenoxy) is 1. The van der Waals surface area contributed by atoms with Gasteiger partial charge in [0.15, 0.2) is 0 Å². The van der Waals surface area contributed by atoms with Gasteiger partial charge in [0.25, 0.3) is 5.91 Å². The average Bonchev–Trinajstić information content (AvgIpc) is 3.52. The molecule has 0 spiro atoms. The minimum Gasteiger partial charge on any atom is -0.494 e. The van der Waals surface area contributed by atoms with Crippen LogP contribution in [0.5, 0.6) is 5.75 Å². The molecule has 0 aromatic heterocycles. The lowest BCUT2D eigenvalue weighted by Crippen LogP contribution is -2.48. The lowest BCUT2D eigenvalue weighted by Gasteiger charge is -2.32. The van der Waals surface area contributed by atoms with Gasteiger partial charge in [-0.1, -0.05) is 32.0 Å². The van der Waals surface area contributed by atoms with Crippen LogP contribution in [0, 0.1) is 12.8 Å². The Labute approximate surface area is 219 Å². The first kappa shape index (κ1) is 27.2. The van der Waals surface area contributed by atoms with Gasteiger partial charge in [-0.15, -0.1) is 0 Å². The van der Waals surface area contributed by atoms with Crippen LogP contribution in [0.3, 0.4) is 0 Å². The monoisotopic (exact) mass is 508 g/mol. The van der Waals surface area contributed by atoms with Gasteiger partial charge in [0.2, 0.25) is 0 Å². The maximum absolute atomic E-state index is 13.8. The molecule has 1 atom stereocenters. The normalized spacial score (nSPS) is 16.2. The second kappa shape index (κ2) is 12.1. The van der Waals surface area contributed by atoms with E-state index in [1.165, 1.54) is 30.8 Å². The Bertz CT molecular complexity index is 1100. The zero-order valence-electron chi connectivity index (χ0n) is 22.0. The van der Waals surface area contributed by atoms with Crippen LogP contribution >= 0.6 is 0 Å². The lowest BCUT2D eigenvalue weighted by molar-refractivity contribution is -0.144. The summed E-state index contributed by atoms with van der Waals surface area (Å²) in [5.41, 5.74) is 3.22. The number of likely N-dealkylation sites (tertiary alicyclic amines) is 1. The molecule has 1 saturated heterocycles. The molecule has 2 N–H and O–H groups in total. The molecule has 2 heterocycles. The standard InChI is InChI=1S/C28H37BN2O6/c1-19(2)26(28(33)34)31(27(32)24-12-9-22-18-37-29(35)25(22)20(24)3)17-21-7-10-23(11-8-21)36-16-6-15-30-13-4-5-14-30/h7-12,19,26,35H,4-6,13-18H2,1-3H3,(H,33,34). The number of benzene rings is 2. The van der Waals surface area contributed by atoms with Crippen LogP contribution in [0.2, 0.25) is 0 Å². The van der Waals surface area contributed by atoms with Gasteiger partial charge in [-0.05, 0) is 85.5 Å². The van der Waals surface area contributed by atoms with E-state index in [-0.39, 0.29) is 25.0 Å². The number of hydrogen-bond donors (Lipinski definition) is 2. The number of carboxylic acids is 1. The second-order valence-electron chi connectivity index (χ2n) is 10.3. The molecular formula is C28H37BN2O6. The molecule has 0 radical (unpaired) electrons. The number of carbonyl (C=O) groups excluding carboxylic acids is 1. The van der Waals surface area contributed by atoms with Crippen molar-refractivity contribution in [1.29, 1.82) is 0 Å². The van der Waals surface area contributed by atoms with Gasteiger partial charge in [-0.2, -0.15) is 0 Å². The molecule has 2 aliphatic heterocycles. The molecule has 9 heteroatoms. The molecule has 0 bridgehead atoms. The second-order valence-corrected chi connectivity index (χ2v) is 10.3.